The molecule has 0 saturated carbocycles. The summed E-state index contributed by atoms with van der Waals surface area (Å²) in [6.45, 7) is 0. The van der Waals surface area contributed by atoms with E-state index in [0.717, 1.165) is 6.42 Å². The van der Waals surface area contributed by atoms with Gasteiger partial charge in [-0.25, -0.2) is 0 Å². The van der Waals surface area contributed by atoms with Crippen LogP contribution in [0.3, 0.4) is 0 Å². The molecule has 0 fully saturated rings. The van der Waals surface area contributed by atoms with Crippen molar-refractivity contribution in [2.45, 2.75) is 6.42 Å². The Kier molecular flexibility index (Phi) is 3.92. The van der Waals surface area contributed by atoms with Crippen LogP contribution in [0.1, 0.15) is 11.1 Å². The summed E-state index contributed by atoms with van der Waals surface area (Å²) in [7, 11) is -0.551. The maximum atomic E-state index is 2.34. The second-order valence-electron chi connectivity index (χ2n) is 6.64. The van der Waals surface area contributed by atoms with Crippen LogP contribution in [0.4, 0.5) is 0 Å². The predicted molar refractivity (Wildman–Crippen MR) is 113 cm³/mol. The smallest absolute Gasteiger partial charge is 0.000688 e. The third-order valence-corrected chi connectivity index (χ3v) is 7.63. The molecule has 0 aliphatic heterocycles. The van der Waals surface area contributed by atoms with Crippen LogP contribution in [0.25, 0.3) is 11.1 Å². The number of rotatable bonds is 3. The zero-order chi connectivity index (χ0) is 17.3. The molecule has 0 bridgehead atoms. The molecule has 4 aromatic rings. The third-order valence-electron chi connectivity index (χ3n) is 5.10. The van der Waals surface area contributed by atoms with Crippen molar-refractivity contribution in [3.63, 3.8) is 0 Å². The van der Waals surface area contributed by atoms with Crippen LogP contribution >= 0.6 is 7.92 Å². The lowest BCUT2D eigenvalue weighted by Crippen LogP contribution is -2.23. The third kappa shape index (κ3) is 2.59. The van der Waals surface area contributed by atoms with Gasteiger partial charge in [-0.1, -0.05) is 103 Å². The summed E-state index contributed by atoms with van der Waals surface area (Å²) in [5, 5.41) is 4.32. The fourth-order valence-electron chi connectivity index (χ4n) is 3.93. The van der Waals surface area contributed by atoms with Crippen molar-refractivity contribution in [1.29, 1.82) is 0 Å². The molecule has 1 heteroatoms. The molecule has 1 aliphatic rings. The Hall–Kier alpha value is -2.69. The number of fused-ring (bicyclic) bond motifs is 3. The van der Waals surface area contributed by atoms with E-state index in [4.69, 9.17) is 0 Å². The summed E-state index contributed by atoms with van der Waals surface area (Å²) in [6.07, 6.45) is 1.04. The van der Waals surface area contributed by atoms with E-state index in [0.29, 0.717) is 0 Å². The zero-order valence-corrected chi connectivity index (χ0v) is 15.4. The van der Waals surface area contributed by atoms with Crippen LogP contribution < -0.4 is 15.9 Å². The average molecular weight is 350 g/mol. The largest absolute Gasteiger partial charge is 0.0622 e. The number of benzene rings is 4. The maximum absolute atomic E-state index is 2.34. The summed E-state index contributed by atoms with van der Waals surface area (Å²) >= 11 is 0. The molecule has 0 unspecified atom stereocenters. The summed E-state index contributed by atoms with van der Waals surface area (Å²) in [5.74, 6) is 0. The second-order valence-corrected chi connectivity index (χ2v) is 8.83. The Morgan fingerprint density at radius 2 is 1.08 bits per heavy atom. The van der Waals surface area contributed by atoms with Crippen LogP contribution in [-0.2, 0) is 6.42 Å². The fourth-order valence-corrected chi connectivity index (χ4v) is 6.43. The number of hydrogen-bond acceptors (Lipinski definition) is 0. The van der Waals surface area contributed by atoms with E-state index in [-0.39, 0.29) is 0 Å². The Balaban J connectivity index is 1.72. The van der Waals surface area contributed by atoms with Crippen molar-refractivity contribution in [3.8, 4) is 11.1 Å². The first-order chi connectivity index (χ1) is 12.9. The lowest BCUT2D eigenvalue weighted by Gasteiger charge is -2.22. The van der Waals surface area contributed by atoms with E-state index < -0.39 is 7.92 Å². The first-order valence-corrected chi connectivity index (χ1v) is 10.4. The van der Waals surface area contributed by atoms with Gasteiger partial charge in [-0.05, 0) is 52.5 Å². The van der Waals surface area contributed by atoms with Gasteiger partial charge in [0, 0.05) is 0 Å². The predicted octanol–water partition coefficient (Wildman–Crippen LogP) is 5.02. The van der Waals surface area contributed by atoms with E-state index >= 15 is 0 Å². The van der Waals surface area contributed by atoms with Gasteiger partial charge in [0.25, 0.3) is 0 Å². The van der Waals surface area contributed by atoms with Gasteiger partial charge in [0.15, 0.2) is 0 Å². The van der Waals surface area contributed by atoms with Gasteiger partial charge >= 0.3 is 0 Å². The summed E-state index contributed by atoms with van der Waals surface area (Å²) in [4.78, 5) is 0. The van der Waals surface area contributed by atoms with E-state index in [1.807, 2.05) is 0 Å². The first kappa shape index (κ1) is 15.6. The SMILES string of the molecule is c1ccc(P(c2ccccc2)c2cccc3c2Cc2ccccc2-3)cc1. The molecule has 0 atom stereocenters. The van der Waals surface area contributed by atoms with E-state index in [1.165, 1.54) is 38.2 Å². The van der Waals surface area contributed by atoms with E-state index in [9.17, 15) is 0 Å². The normalized spacial score (nSPS) is 12.0. The van der Waals surface area contributed by atoms with Crippen molar-refractivity contribution in [2.24, 2.45) is 0 Å². The van der Waals surface area contributed by atoms with Crippen molar-refractivity contribution in [2.75, 3.05) is 0 Å². The highest BCUT2D eigenvalue weighted by Crippen LogP contribution is 2.41. The molecule has 0 radical (unpaired) electrons. The average Bonchev–Trinajstić information content (AvgIpc) is 3.10. The topological polar surface area (TPSA) is 0 Å². The molecule has 0 aromatic heterocycles. The molecule has 0 saturated heterocycles. The van der Waals surface area contributed by atoms with Crippen molar-refractivity contribution < 1.29 is 0 Å². The summed E-state index contributed by atoms with van der Waals surface area (Å²) in [5.41, 5.74) is 5.77. The molecular weight excluding hydrogens is 331 g/mol. The minimum absolute atomic E-state index is 0.551. The van der Waals surface area contributed by atoms with Crippen LogP contribution in [0.5, 0.6) is 0 Å². The molecular formula is C25H19P. The molecule has 124 valence electrons. The molecule has 1 aliphatic carbocycles. The quantitative estimate of drug-likeness (QED) is 0.401. The molecule has 0 nitrogen and oxygen atoms in total. The Morgan fingerprint density at radius 1 is 0.500 bits per heavy atom. The molecule has 0 amide bonds. The van der Waals surface area contributed by atoms with Crippen molar-refractivity contribution >= 4 is 23.8 Å². The molecule has 0 heterocycles. The highest BCUT2D eigenvalue weighted by Gasteiger charge is 2.25. The standard InChI is InChI=1S/C25H19P/c1-3-11-20(12-4-1)26(21-13-5-2-6-14-21)25-17-9-16-23-22-15-8-7-10-19(22)18-24(23)25/h1-17H,18H2. The second kappa shape index (κ2) is 6.56. The highest BCUT2D eigenvalue weighted by atomic mass is 31.1. The van der Waals surface area contributed by atoms with E-state index in [2.05, 4.69) is 103 Å². The lowest BCUT2D eigenvalue weighted by atomic mass is 10.1. The van der Waals surface area contributed by atoms with Gasteiger partial charge in [-0.3, -0.25) is 0 Å². The summed E-state index contributed by atoms with van der Waals surface area (Å²) < 4.78 is 0. The fraction of sp³-hybridized carbons (Fsp3) is 0.0400. The Bertz CT molecular complexity index is 1010. The molecule has 5 rings (SSSR count). The van der Waals surface area contributed by atoms with Gasteiger partial charge in [0.2, 0.25) is 0 Å². The van der Waals surface area contributed by atoms with Crippen molar-refractivity contribution in [1.82, 2.24) is 0 Å². The van der Waals surface area contributed by atoms with Gasteiger partial charge < -0.3 is 0 Å². The minimum Gasteiger partial charge on any atom is -0.0622 e. The van der Waals surface area contributed by atoms with Gasteiger partial charge in [-0.15, -0.1) is 0 Å². The van der Waals surface area contributed by atoms with E-state index in [1.54, 1.807) is 0 Å². The van der Waals surface area contributed by atoms with Crippen LogP contribution in [0, 0.1) is 0 Å². The monoisotopic (exact) mass is 350 g/mol. The molecule has 0 N–H and O–H groups in total. The first-order valence-electron chi connectivity index (χ1n) is 9.02. The van der Waals surface area contributed by atoms with Crippen molar-refractivity contribution in [3.05, 3.63) is 114 Å². The molecule has 0 spiro atoms. The minimum atomic E-state index is -0.551. The molecule has 4 aromatic carbocycles. The number of hydrogen-bond donors (Lipinski definition) is 0. The lowest BCUT2D eigenvalue weighted by molar-refractivity contribution is 1.28. The van der Waals surface area contributed by atoms with Gasteiger partial charge in [0.1, 0.15) is 0 Å². The summed E-state index contributed by atoms with van der Waals surface area (Å²) in [6, 6.07) is 37.7. The van der Waals surface area contributed by atoms with Gasteiger partial charge in [0.05, 0.1) is 0 Å². The van der Waals surface area contributed by atoms with Crippen LogP contribution in [0.15, 0.2) is 103 Å². The van der Waals surface area contributed by atoms with Gasteiger partial charge in [-0.2, -0.15) is 0 Å². The molecule has 26 heavy (non-hydrogen) atoms. The zero-order valence-electron chi connectivity index (χ0n) is 14.5. The Labute approximate surface area is 155 Å². The maximum Gasteiger partial charge on any atom is -0.000688 e. The highest BCUT2D eigenvalue weighted by molar-refractivity contribution is 7.79. The van der Waals surface area contributed by atoms with Crippen LogP contribution in [0.2, 0.25) is 0 Å². The van der Waals surface area contributed by atoms with Crippen LogP contribution in [-0.4, -0.2) is 0 Å². The Morgan fingerprint density at radius 3 is 1.77 bits per heavy atom.